The molecule has 4 nitrogen and oxygen atoms in total. The summed E-state index contributed by atoms with van der Waals surface area (Å²) in [6, 6.07) is 39.8. The topological polar surface area (TPSA) is 33.7 Å². The van der Waals surface area contributed by atoms with Gasteiger partial charge in [0.1, 0.15) is 0 Å². The van der Waals surface area contributed by atoms with Gasteiger partial charge < -0.3 is 14.6 Å². The Morgan fingerprint density at radius 1 is 0.730 bits per heavy atom. The Morgan fingerprint density at radius 3 is 1.76 bits per heavy atom. The van der Waals surface area contributed by atoms with Crippen LogP contribution in [-0.2, 0) is 21.4 Å². The second kappa shape index (κ2) is 10.6. The molecule has 2 aliphatic heterocycles. The minimum absolute atomic E-state index is 0.216. The predicted molar refractivity (Wildman–Crippen MR) is 150 cm³/mol. The lowest BCUT2D eigenvalue weighted by Crippen LogP contribution is -2.46. The van der Waals surface area contributed by atoms with Gasteiger partial charge in [-0.1, -0.05) is 109 Å². The number of benzene rings is 4. The van der Waals surface area contributed by atoms with E-state index < -0.39 is 5.54 Å². The molecule has 4 aromatic rings. The van der Waals surface area contributed by atoms with Crippen LogP contribution in [0.15, 0.2) is 109 Å². The highest BCUT2D eigenvalue weighted by atomic mass is 16.6. The fourth-order valence-electron chi connectivity index (χ4n) is 6.09. The standard InChI is InChI=1S/C32H33BN2O2/c1-25-31-18-17-30(33-36-21-19-34-20-22-37-33)23-26(31)24-35(25)32(27-11-5-2-6-12-27,28-13-7-3-8-14-28)29-15-9-4-10-16-29/h2-18,23,25,34H,19-22,24H2,1H3. The average molecular weight is 488 g/mol. The first kappa shape index (κ1) is 24.1. The first-order valence-corrected chi connectivity index (χ1v) is 13.3. The fourth-order valence-corrected chi connectivity index (χ4v) is 6.09. The fraction of sp³-hybridized carbons (Fsp3) is 0.250. The molecule has 1 unspecified atom stereocenters. The van der Waals surface area contributed by atoms with Crippen molar-refractivity contribution < 1.29 is 9.31 Å². The van der Waals surface area contributed by atoms with Gasteiger partial charge in [-0.15, -0.1) is 0 Å². The van der Waals surface area contributed by atoms with Crippen molar-refractivity contribution in [2.45, 2.75) is 25.0 Å². The summed E-state index contributed by atoms with van der Waals surface area (Å²) in [6.45, 7) is 6.15. The Hall–Kier alpha value is -3.22. The molecular formula is C32H33BN2O2. The number of hydrogen-bond acceptors (Lipinski definition) is 4. The maximum absolute atomic E-state index is 6.06. The molecule has 0 spiro atoms. The molecule has 1 atom stereocenters. The van der Waals surface area contributed by atoms with E-state index in [4.69, 9.17) is 9.31 Å². The maximum atomic E-state index is 6.06. The number of rotatable bonds is 5. The van der Waals surface area contributed by atoms with Gasteiger partial charge in [0, 0.05) is 38.9 Å². The third kappa shape index (κ3) is 4.43. The van der Waals surface area contributed by atoms with E-state index in [2.05, 4.69) is 126 Å². The largest absolute Gasteiger partial charge is 0.493 e. The van der Waals surface area contributed by atoms with Crippen LogP contribution in [0.3, 0.4) is 0 Å². The zero-order chi connectivity index (χ0) is 25.1. The zero-order valence-corrected chi connectivity index (χ0v) is 21.3. The van der Waals surface area contributed by atoms with Crippen LogP contribution in [0.4, 0.5) is 0 Å². The van der Waals surface area contributed by atoms with Crippen molar-refractivity contribution in [3.63, 3.8) is 0 Å². The SMILES string of the molecule is CC1c2ccc(B3OCCNCCO3)cc2CN1C(c1ccccc1)(c1ccccc1)c1ccccc1. The molecule has 1 saturated heterocycles. The Labute approximate surface area is 220 Å². The van der Waals surface area contributed by atoms with Crippen molar-refractivity contribution in [2.24, 2.45) is 0 Å². The van der Waals surface area contributed by atoms with E-state index in [1.54, 1.807) is 0 Å². The minimum Gasteiger partial charge on any atom is -0.406 e. The van der Waals surface area contributed by atoms with E-state index in [0.717, 1.165) is 25.1 Å². The molecule has 1 N–H and O–H groups in total. The molecule has 6 rings (SSSR count). The molecule has 2 aliphatic rings. The monoisotopic (exact) mass is 488 g/mol. The third-order valence-corrected chi connectivity index (χ3v) is 7.80. The highest BCUT2D eigenvalue weighted by Gasteiger charge is 2.47. The van der Waals surface area contributed by atoms with Crippen molar-refractivity contribution in [2.75, 3.05) is 26.3 Å². The predicted octanol–water partition coefficient (Wildman–Crippen LogP) is 4.89. The van der Waals surface area contributed by atoms with Crippen molar-refractivity contribution in [1.82, 2.24) is 10.2 Å². The molecule has 0 aliphatic carbocycles. The van der Waals surface area contributed by atoms with Gasteiger partial charge in [0.15, 0.2) is 0 Å². The molecule has 0 saturated carbocycles. The second-order valence-electron chi connectivity index (χ2n) is 9.89. The lowest BCUT2D eigenvalue weighted by Gasteiger charge is -2.46. The van der Waals surface area contributed by atoms with Gasteiger partial charge in [-0.25, -0.2) is 0 Å². The minimum atomic E-state index is -0.443. The third-order valence-electron chi connectivity index (χ3n) is 7.80. The van der Waals surface area contributed by atoms with Gasteiger partial charge in [0.05, 0.1) is 5.54 Å². The summed E-state index contributed by atoms with van der Waals surface area (Å²) in [4.78, 5) is 2.66. The number of hydrogen-bond donors (Lipinski definition) is 1. The molecule has 0 aromatic heterocycles. The number of nitrogens with one attached hydrogen (secondary N) is 1. The molecule has 0 radical (unpaired) electrons. The quantitative estimate of drug-likeness (QED) is 0.321. The van der Waals surface area contributed by atoms with Gasteiger partial charge >= 0.3 is 7.12 Å². The van der Waals surface area contributed by atoms with Crippen LogP contribution in [-0.4, -0.2) is 38.3 Å². The van der Waals surface area contributed by atoms with Crippen LogP contribution < -0.4 is 10.8 Å². The Bertz CT molecular complexity index is 1210. The van der Waals surface area contributed by atoms with Crippen LogP contribution in [0.2, 0.25) is 0 Å². The Morgan fingerprint density at radius 2 is 1.24 bits per heavy atom. The van der Waals surface area contributed by atoms with Gasteiger partial charge in [-0.3, -0.25) is 4.90 Å². The lowest BCUT2D eigenvalue weighted by molar-refractivity contribution is 0.118. The molecule has 4 aromatic carbocycles. The summed E-state index contributed by atoms with van der Waals surface area (Å²) < 4.78 is 12.1. The van der Waals surface area contributed by atoms with E-state index in [0.29, 0.717) is 13.2 Å². The Balaban J connectivity index is 1.47. The van der Waals surface area contributed by atoms with E-state index in [-0.39, 0.29) is 13.2 Å². The normalized spacial score (nSPS) is 18.7. The molecule has 1 fully saturated rings. The zero-order valence-electron chi connectivity index (χ0n) is 21.3. The van der Waals surface area contributed by atoms with Crippen LogP contribution in [0.25, 0.3) is 0 Å². The summed E-state index contributed by atoms with van der Waals surface area (Å²) in [7, 11) is -0.320. The molecule has 186 valence electrons. The van der Waals surface area contributed by atoms with E-state index in [1.165, 1.54) is 27.8 Å². The van der Waals surface area contributed by atoms with Crippen LogP contribution >= 0.6 is 0 Å². The summed E-state index contributed by atoms with van der Waals surface area (Å²) in [5.74, 6) is 0. The average Bonchev–Trinajstić information content (AvgIpc) is 3.26. The maximum Gasteiger partial charge on any atom is 0.493 e. The molecule has 0 amide bonds. The van der Waals surface area contributed by atoms with Crippen LogP contribution in [0.5, 0.6) is 0 Å². The van der Waals surface area contributed by atoms with Crippen LogP contribution in [0, 0.1) is 0 Å². The highest BCUT2D eigenvalue weighted by Crippen LogP contribution is 2.50. The first-order valence-electron chi connectivity index (χ1n) is 13.3. The number of nitrogens with zero attached hydrogens (tertiary/aromatic N) is 1. The molecule has 37 heavy (non-hydrogen) atoms. The smallest absolute Gasteiger partial charge is 0.406 e. The van der Waals surface area contributed by atoms with Crippen molar-refractivity contribution in [3.05, 3.63) is 137 Å². The van der Waals surface area contributed by atoms with Gasteiger partial charge in [0.25, 0.3) is 0 Å². The highest BCUT2D eigenvalue weighted by molar-refractivity contribution is 6.61. The van der Waals surface area contributed by atoms with Crippen molar-refractivity contribution in [1.29, 1.82) is 0 Å². The summed E-state index contributed by atoms with van der Waals surface area (Å²) >= 11 is 0. The van der Waals surface area contributed by atoms with Crippen molar-refractivity contribution >= 4 is 12.6 Å². The number of fused-ring (bicyclic) bond motifs is 1. The van der Waals surface area contributed by atoms with Crippen molar-refractivity contribution in [3.8, 4) is 0 Å². The van der Waals surface area contributed by atoms with E-state index >= 15 is 0 Å². The second-order valence-corrected chi connectivity index (χ2v) is 9.89. The molecule has 0 bridgehead atoms. The van der Waals surface area contributed by atoms with E-state index in [9.17, 15) is 0 Å². The summed E-state index contributed by atoms with van der Waals surface area (Å²) in [5.41, 5.74) is 7.16. The summed E-state index contributed by atoms with van der Waals surface area (Å²) in [6.07, 6.45) is 0. The van der Waals surface area contributed by atoms with Crippen LogP contribution in [0.1, 0.15) is 40.8 Å². The Kier molecular flexibility index (Phi) is 6.94. The van der Waals surface area contributed by atoms with Gasteiger partial charge in [-0.2, -0.15) is 0 Å². The molecule has 2 heterocycles. The van der Waals surface area contributed by atoms with E-state index in [1.807, 2.05) is 0 Å². The van der Waals surface area contributed by atoms with Gasteiger partial charge in [0.2, 0.25) is 0 Å². The first-order chi connectivity index (χ1) is 18.3. The molecular weight excluding hydrogens is 455 g/mol. The summed E-state index contributed by atoms with van der Waals surface area (Å²) in [5, 5.41) is 3.32. The van der Waals surface area contributed by atoms with Gasteiger partial charge in [-0.05, 0) is 40.2 Å². The lowest BCUT2D eigenvalue weighted by atomic mass is 9.75. The molecule has 5 heteroatoms.